The van der Waals surface area contributed by atoms with Gasteiger partial charge in [-0.3, -0.25) is 4.79 Å². The van der Waals surface area contributed by atoms with Gasteiger partial charge in [-0.15, -0.1) is 5.43 Å². The number of ether oxygens (including phenoxy) is 1. The highest BCUT2D eigenvalue weighted by Gasteiger charge is 2.81. The van der Waals surface area contributed by atoms with E-state index >= 15 is 0 Å². The summed E-state index contributed by atoms with van der Waals surface area (Å²) >= 11 is 0. The normalized spacial score (nSPS) is 13.1. The molecule has 0 aliphatic rings. The van der Waals surface area contributed by atoms with Crippen LogP contribution in [-0.2, 0) is 0 Å². The molecule has 4 nitrogen and oxygen atoms in total. The lowest BCUT2D eigenvalue weighted by atomic mass is 10.0. The number of carbonyl (C=O) groups excluding carboxylic acids is 1. The van der Waals surface area contributed by atoms with E-state index in [4.69, 9.17) is 0 Å². The van der Waals surface area contributed by atoms with Crippen molar-refractivity contribution in [1.82, 2.24) is 0 Å². The van der Waals surface area contributed by atoms with Crippen LogP contribution in [0.25, 0.3) is 0 Å². The molecule has 0 spiro atoms. The molecule has 0 saturated carbocycles. The summed E-state index contributed by atoms with van der Waals surface area (Å²) in [4.78, 5) is 12.0. The van der Waals surface area contributed by atoms with Gasteiger partial charge in [-0.1, -0.05) is 10.7 Å². The van der Waals surface area contributed by atoms with Gasteiger partial charge in [0, 0.05) is 17.7 Å². The fourth-order valence-corrected chi connectivity index (χ4v) is 2.03. The van der Waals surface area contributed by atoms with E-state index < -0.39 is 42.2 Å². The molecule has 0 bridgehead atoms. The van der Waals surface area contributed by atoms with Gasteiger partial charge >= 0.3 is 29.9 Å². The minimum Gasteiger partial charge on any atom is -0.487 e. The molecule has 1 aromatic heterocycles. The monoisotopic (exact) mass is 447 g/mol. The molecule has 0 aliphatic heterocycles. The third-order valence-corrected chi connectivity index (χ3v) is 3.69. The molecule has 13 heteroatoms. The zero-order valence-electron chi connectivity index (χ0n) is 14.6. The first-order chi connectivity index (χ1) is 13.7. The summed E-state index contributed by atoms with van der Waals surface area (Å²) in [5.41, 5.74) is 2.40. The number of alkyl halides is 9. The number of benzene rings is 1. The summed E-state index contributed by atoms with van der Waals surface area (Å²) in [7, 11) is 0. The van der Waals surface area contributed by atoms with Gasteiger partial charge in [0.2, 0.25) is 0 Å². The van der Waals surface area contributed by atoms with Crippen LogP contribution in [0.2, 0.25) is 0 Å². The quantitative estimate of drug-likeness (QED) is 0.511. The number of halogens is 9. The second-order valence-electron chi connectivity index (χ2n) is 5.89. The standard InChI is InChI=1S/C17H11F9N2O2/c18-14(19,15(20,21)16(22,23)17(24,25)26)10-30-12-6-4-11(5-7-12)13(29)27-28-8-2-1-3-9-28/h1-9H,10H2/p+1. The van der Waals surface area contributed by atoms with E-state index in [9.17, 15) is 44.3 Å². The van der Waals surface area contributed by atoms with E-state index in [0.717, 1.165) is 24.3 Å². The SMILES string of the molecule is O=C(N[n+]1ccccc1)c1ccc(OCC(F)(F)C(F)(F)C(F)(F)C(F)(F)F)cc1. The average molecular weight is 447 g/mol. The van der Waals surface area contributed by atoms with Crippen LogP contribution in [0.4, 0.5) is 39.5 Å². The molecule has 0 fully saturated rings. The Bertz CT molecular complexity index is 869. The average Bonchev–Trinajstić information content (AvgIpc) is 2.66. The van der Waals surface area contributed by atoms with Crippen LogP contribution < -0.4 is 14.8 Å². The van der Waals surface area contributed by atoms with E-state index in [1.807, 2.05) is 0 Å². The topological polar surface area (TPSA) is 42.2 Å². The number of aromatic nitrogens is 1. The highest BCUT2D eigenvalue weighted by atomic mass is 19.4. The summed E-state index contributed by atoms with van der Waals surface area (Å²) < 4.78 is 121. The van der Waals surface area contributed by atoms with Crippen molar-refractivity contribution < 1.29 is 53.7 Å². The molecular formula is C17H12F9N2O2+. The molecule has 1 amide bonds. The van der Waals surface area contributed by atoms with Crippen molar-refractivity contribution in [2.24, 2.45) is 0 Å². The molecule has 164 valence electrons. The van der Waals surface area contributed by atoms with Crippen LogP contribution >= 0.6 is 0 Å². The number of nitrogens with one attached hydrogen (secondary N) is 1. The van der Waals surface area contributed by atoms with Gasteiger partial charge in [0.1, 0.15) is 5.75 Å². The number of amides is 1. The first-order valence-electron chi connectivity index (χ1n) is 7.90. The predicted molar refractivity (Wildman–Crippen MR) is 83.2 cm³/mol. The third-order valence-electron chi connectivity index (χ3n) is 3.69. The van der Waals surface area contributed by atoms with Gasteiger partial charge < -0.3 is 4.74 Å². The lowest BCUT2D eigenvalue weighted by Crippen LogP contribution is -2.62. The molecule has 1 aromatic carbocycles. The second kappa shape index (κ2) is 8.03. The van der Waals surface area contributed by atoms with Gasteiger partial charge in [-0.05, 0) is 24.3 Å². The second-order valence-corrected chi connectivity index (χ2v) is 5.89. The molecule has 0 radical (unpaired) electrons. The Morgan fingerprint density at radius 3 is 1.87 bits per heavy atom. The van der Waals surface area contributed by atoms with Crippen molar-refractivity contribution in [3.63, 3.8) is 0 Å². The summed E-state index contributed by atoms with van der Waals surface area (Å²) in [6, 6.07) is 8.72. The largest absolute Gasteiger partial charge is 0.487 e. The molecule has 2 rings (SSSR count). The fourth-order valence-electron chi connectivity index (χ4n) is 2.03. The Labute approximate surface area is 162 Å². The summed E-state index contributed by atoms with van der Waals surface area (Å²) in [6.07, 6.45) is -3.91. The van der Waals surface area contributed by atoms with Gasteiger partial charge in [-0.25, -0.2) is 0 Å². The summed E-state index contributed by atoms with van der Waals surface area (Å²) in [5, 5.41) is 0. The summed E-state index contributed by atoms with van der Waals surface area (Å²) in [5.74, 6) is -20.8. The van der Waals surface area contributed by atoms with Crippen molar-refractivity contribution in [2.45, 2.75) is 23.9 Å². The maximum atomic E-state index is 13.4. The molecule has 1 N–H and O–H groups in total. The van der Waals surface area contributed by atoms with Gasteiger partial charge in [0.15, 0.2) is 19.0 Å². The lowest BCUT2D eigenvalue weighted by Gasteiger charge is -2.33. The van der Waals surface area contributed by atoms with Crippen LogP contribution in [0.5, 0.6) is 5.75 Å². The number of rotatable bonds is 7. The van der Waals surface area contributed by atoms with Crippen LogP contribution in [0.1, 0.15) is 10.4 Å². The van der Waals surface area contributed by atoms with Crippen LogP contribution in [0, 0.1) is 0 Å². The Hall–Kier alpha value is -2.99. The maximum absolute atomic E-state index is 13.4. The molecule has 2 aromatic rings. The minimum atomic E-state index is -6.98. The zero-order chi connectivity index (χ0) is 22.8. The highest BCUT2D eigenvalue weighted by molar-refractivity contribution is 5.98. The van der Waals surface area contributed by atoms with Crippen molar-refractivity contribution in [3.05, 3.63) is 60.4 Å². The first kappa shape index (κ1) is 23.3. The van der Waals surface area contributed by atoms with Crippen LogP contribution in [0.15, 0.2) is 54.9 Å². The van der Waals surface area contributed by atoms with Crippen molar-refractivity contribution in [3.8, 4) is 5.75 Å². The Balaban J connectivity index is 2.06. The van der Waals surface area contributed by atoms with Crippen LogP contribution in [0.3, 0.4) is 0 Å². The Kier molecular flexibility index (Phi) is 6.23. The van der Waals surface area contributed by atoms with E-state index in [1.54, 1.807) is 18.2 Å². The molecule has 0 aliphatic carbocycles. The van der Waals surface area contributed by atoms with Crippen molar-refractivity contribution in [1.29, 1.82) is 0 Å². The first-order valence-corrected chi connectivity index (χ1v) is 7.90. The number of hydrogen-bond donors (Lipinski definition) is 1. The third kappa shape index (κ3) is 4.60. The van der Waals surface area contributed by atoms with Crippen LogP contribution in [-0.4, -0.2) is 36.5 Å². The van der Waals surface area contributed by atoms with Crippen molar-refractivity contribution in [2.75, 3.05) is 12.0 Å². The number of carbonyl (C=O) groups is 1. The van der Waals surface area contributed by atoms with Gasteiger partial charge in [-0.2, -0.15) is 39.5 Å². The Morgan fingerprint density at radius 1 is 0.833 bits per heavy atom. The molecule has 0 saturated heterocycles. The smallest absolute Gasteiger partial charge is 0.460 e. The molecule has 1 heterocycles. The Morgan fingerprint density at radius 2 is 1.37 bits per heavy atom. The van der Waals surface area contributed by atoms with E-state index in [1.165, 1.54) is 17.1 Å². The number of hydrogen-bond acceptors (Lipinski definition) is 2. The van der Waals surface area contributed by atoms with Crippen molar-refractivity contribution >= 4 is 5.91 Å². The predicted octanol–water partition coefficient (Wildman–Crippen LogP) is 4.21. The lowest BCUT2D eigenvalue weighted by molar-refractivity contribution is -0.641. The fraction of sp³-hybridized carbons (Fsp3) is 0.294. The van der Waals surface area contributed by atoms with E-state index in [2.05, 4.69) is 10.2 Å². The minimum absolute atomic E-state index is 0.0144. The van der Waals surface area contributed by atoms with E-state index in [-0.39, 0.29) is 5.56 Å². The highest BCUT2D eigenvalue weighted by Crippen LogP contribution is 2.53. The molecule has 30 heavy (non-hydrogen) atoms. The maximum Gasteiger partial charge on any atom is 0.460 e. The zero-order valence-corrected chi connectivity index (χ0v) is 14.6. The molecule has 0 atom stereocenters. The summed E-state index contributed by atoms with van der Waals surface area (Å²) in [6.45, 7) is -2.46. The van der Waals surface area contributed by atoms with Gasteiger partial charge in [0.05, 0.1) is 0 Å². The number of nitrogens with zero attached hydrogens (tertiary/aromatic N) is 1. The number of pyridine rings is 1. The molecular weight excluding hydrogens is 435 g/mol. The van der Waals surface area contributed by atoms with E-state index in [0.29, 0.717) is 0 Å². The van der Waals surface area contributed by atoms with Gasteiger partial charge in [0.25, 0.3) is 0 Å². The molecule has 0 unspecified atom stereocenters.